The Morgan fingerprint density at radius 3 is 2.48 bits per heavy atom. The van der Waals surface area contributed by atoms with E-state index in [1.54, 1.807) is 24.3 Å². The monoisotopic (exact) mass is 377 g/mol. The molecule has 0 amide bonds. The number of rotatable bonds is 3. The summed E-state index contributed by atoms with van der Waals surface area (Å²) in [7, 11) is 0. The molecule has 0 aliphatic carbocycles. The van der Waals surface area contributed by atoms with Gasteiger partial charge in [0.1, 0.15) is 0 Å². The van der Waals surface area contributed by atoms with Gasteiger partial charge in [-0.15, -0.1) is 0 Å². The van der Waals surface area contributed by atoms with Crippen LogP contribution in [0.1, 0.15) is 22.7 Å². The van der Waals surface area contributed by atoms with Crippen LogP contribution in [0.3, 0.4) is 0 Å². The molecule has 1 unspecified atom stereocenters. The average Bonchev–Trinajstić information content (AvgIpc) is 2.41. The van der Waals surface area contributed by atoms with Crippen LogP contribution in [0.15, 0.2) is 46.9 Å². The van der Waals surface area contributed by atoms with Gasteiger partial charge in [0.25, 0.3) is 0 Å². The van der Waals surface area contributed by atoms with E-state index in [-0.39, 0.29) is 0 Å². The molecule has 2 aromatic carbocycles. The van der Waals surface area contributed by atoms with Crippen LogP contribution >= 0.6 is 27.5 Å². The predicted molar refractivity (Wildman–Crippen MR) is 81.2 cm³/mol. The zero-order valence-corrected chi connectivity index (χ0v) is 13.1. The Morgan fingerprint density at radius 2 is 1.86 bits per heavy atom. The van der Waals surface area contributed by atoms with Gasteiger partial charge in [-0.1, -0.05) is 35.9 Å². The predicted octanol–water partition coefficient (Wildman–Crippen LogP) is 5.36. The molecule has 0 heterocycles. The van der Waals surface area contributed by atoms with Crippen molar-refractivity contribution in [2.24, 2.45) is 5.73 Å². The minimum absolute atomic E-state index is 0.307. The average molecular weight is 379 g/mol. The molecule has 0 bridgehead atoms. The molecule has 2 N–H and O–H groups in total. The lowest BCUT2D eigenvalue weighted by Crippen LogP contribution is -2.14. The second kappa shape index (κ2) is 6.38. The van der Waals surface area contributed by atoms with Crippen LogP contribution in [0, 0.1) is 0 Å². The Hall–Kier alpha value is -1.04. The summed E-state index contributed by atoms with van der Waals surface area (Å²) >= 11 is 9.27. The van der Waals surface area contributed by atoms with Gasteiger partial charge < -0.3 is 5.73 Å². The molecule has 0 fully saturated rings. The maximum Gasteiger partial charge on any atom is 0.416 e. The van der Waals surface area contributed by atoms with E-state index in [1.165, 1.54) is 6.07 Å². The molecule has 0 saturated carbocycles. The second-order valence-corrected chi connectivity index (χ2v) is 5.94. The summed E-state index contributed by atoms with van der Waals surface area (Å²) in [5.74, 6) is 0. The van der Waals surface area contributed by atoms with E-state index in [0.29, 0.717) is 17.0 Å². The van der Waals surface area contributed by atoms with E-state index < -0.39 is 17.8 Å². The second-order valence-electron chi connectivity index (χ2n) is 4.68. The highest BCUT2D eigenvalue weighted by Crippen LogP contribution is 2.31. The van der Waals surface area contributed by atoms with Crippen molar-refractivity contribution in [3.8, 4) is 0 Å². The standard InChI is InChI=1S/C15H12BrClF3N/c16-12-5-4-10(8-13(12)17)14(21)7-9-2-1-3-11(6-9)15(18,19)20/h1-6,8,14H,7,21H2. The fraction of sp³-hybridized carbons (Fsp3) is 0.200. The van der Waals surface area contributed by atoms with Gasteiger partial charge in [0, 0.05) is 10.5 Å². The summed E-state index contributed by atoms with van der Waals surface area (Å²) < 4.78 is 38.8. The summed E-state index contributed by atoms with van der Waals surface area (Å²) in [6.45, 7) is 0. The molecule has 112 valence electrons. The third kappa shape index (κ3) is 4.22. The molecule has 0 aliphatic rings. The number of hydrogen-bond acceptors (Lipinski definition) is 1. The topological polar surface area (TPSA) is 26.0 Å². The van der Waals surface area contributed by atoms with Crippen molar-refractivity contribution < 1.29 is 13.2 Å². The lowest BCUT2D eigenvalue weighted by atomic mass is 9.98. The van der Waals surface area contributed by atoms with Crippen molar-refractivity contribution in [1.29, 1.82) is 0 Å². The van der Waals surface area contributed by atoms with Crippen LogP contribution in [0.4, 0.5) is 13.2 Å². The first-order valence-electron chi connectivity index (χ1n) is 6.14. The number of alkyl halides is 3. The first kappa shape index (κ1) is 16.3. The third-order valence-electron chi connectivity index (χ3n) is 3.08. The molecular formula is C15H12BrClF3N. The Morgan fingerprint density at radius 1 is 1.14 bits per heavy atom. The third-order valence-corrected chi connectivity index (χ3v) is 4.31. The smallest absolute Gasteiger partial charge is 0.324 e. The Labute approximate surface area is 134 Å². The number of halogens is 5. The number of hydrogen-bond donors (Lipinski definition) is 1. The summed E-state index contributed by atoms with van der Waals surface area (Å²) in [6, 6.07) is 10.1. The molecule has 2 rings (SSSR count). The molecule has 2 aromatic rings. The maximum absolute atomic E-state index is 12.7. The van der Waals surface area contributed by atoms with Crippen molar-refractivity contribution in [3.63, 3.8) is 0 Å². The van der Waals surface area contributed by atoms with Gasteiger partial charge in [0.15, 0.2) is 0 Å². The zero-order chi connectivity index (χ0) is 15.6. The van der Waals surface area contributed by atoms with E-state index in [2.05, 4.69) is 15.9 Å². The highest BCUT2D eigenvalue weighted by molar-refractivity contribution is 9.10. The minimum atomic E-state index is -4.35. The van der Waals surface area contributed by atoms with Gasteiger partial charge in [0.05, 0.1) is 10.6 Å². The molecule has 0 spiro atoms. The first-order valence-corrected chi connectivity index (χ1v) is 7.31. The molecule has 1 nitrogen and oxygen atoms in total. The van der Waals surface area contributed by atoms with Gasteiger partial charge in [-0.05, 0) is 51.7 Å². The zero-order valence-electron chi connectivity index (χ0n) is 10.8. The van der Waals surface area contributed by atoms with Crippen LogP contribution in [0.5, 0.6) is 0 Å². The largest absolute Gasteiger partial charge is 0.416 e. The quantitative estimate of drug-likeness (QED) is 0.764. The highest BCUT2D eigenvalue weighted by atomic mass is 79.9. The van der Waals surface area contributed by atoms with Gasteiger partial charge in [-0.2, -0.15) is 13.2 Å². The van der Waals surface area contributed by atoms with Gasteiger partial charge in [0.2, 0.25) is 0 Å². The van der Waals surface area contributed by atoms with Crippen LogP contribution in [-0.4, -0.2) is 0 Å². The SMILES string of the molecule is NC(Cc1cccc(C(F)(F)F)c1)c1ccc(Br)c(Cl)c1. The van der Waals surface area contributed by atoms with Gasteiger partial charge >= 0.3 is 6.18 Å². The van der Waals surface area contributed by atoms with Crippen molar-refractivity contribution in [2.75, 3.05) is 0 Å². The molecule has 0 radical (unpaired) electrons. The maximum atomic E-state index is 12.7. The van der Waals surface area contributed by atoms with Crippen molar-refractivity contribution in [1.82, 2.24) is 0 Å². The van der Waals surface area contributed by atoms with E-state index in [0.717, 1.165) is 22.2 Å². The van der Waals surface area contributed by atoms with E-state index >= 15 is 0 Å². The van der Waals surface area contributed by atoms with Crippen molar-refractivity contribution >= 4 is 27.5 Å². The number of nitrogens with two attached hydrogens (primary N) is 1. The molecule has 6 heteroatoms. The highest BCUT2D eigenvalue weighted by Gasteiger charge is 2.30. The molecule has 0 aliphatic heterocycles. The molecular weight excluding hydrogens is 367 g/mol. The van der Waals surface area contributed by atoms with Gasteiger partial charge in [-0.3, -0.25) is 0 Å². The molecule has 0 saturated heterocycles. The van der Waals surface area contributed by atoms with Gasteiger partial charge in [-0.25, -0.2) is 0 Å². The van der Waals surface area contributed by atoms with Crippen LogP contribution in [-0.2, 0) is 12.6 Å². The van der Waals surface area contributed by atoms with Crippen LogP contribution in [0.25, 0.3) is 0 Å². The summed E-state index contributed by atoms with van der Waals surface area (Å²) in [4.78, 5) is 0. The fourth-order valence-corrected chi connectivity index (χ4v) is 2.43. The van der Waals surface area contributed by atoms with E-state index in [4.69, 9.17) is 17.3 Å². The Kier molecular flexibility index (Phi) is 4.96. The number of benzene rings is 2. The fourth-order valence-electron chi connectivity index (χ4n) is 1.99. The molecule has 0 aromatic heterocycles. The molecule has 1 atom stereocenters. The first-order chi connectivity index (χ1) is 9.77. The summed E-state index contributed by atoms with van der Waals surface area (Å²) in [5.41, 5.74) is 6.70. The lowest BCUT2D eigenvalue weighted by molar-refractivity contribution is -0.137. The van der Waals surface area contributed by atoms with Crippen molar-refractivity contribution in [3.05, 3.63) is 68.7 Å². The molecule has 21 heavy (non-hydrogen) atoms. The lowest BCUT2D eigenvalue weighted by Gasteiger charge is -2.14. The van der Waals surface area contributed by atoms with Crippen molar-refractivity contribution in [2.45, 2.75) is 18.6 Å². The minimum Gasteiger partial charge on any atom is -0.324 e. The Bertz CT molecular complexity index is 643. The summed E-state index contributed by atoms with van der Waals surface area (Å²) in [6.07, 6.45) is -4.04. The van der Waals surface area contributed by atoms with E-state index in [1.807, 2.05) is 0 Å². The normalized spacial score (nSPS) is 13.2. The summed E-state index contributed by atoms with van der Waals surface area (Å²) in [5, 5.41) is 0.520. The van der Waals surface area contributed by atoms with Crippen LogP contribution in [0.2, 0.25) is 5.02 Å². The van der Waals surface area contributed by atoms with E-state index in [9.17, 15) is 13.2 Å². The Balaban J connectivity index is 2.19. The van der Waals surface area contributed by atoms with Crippen LogP contribution < -0.4 is 5.73 Å².